The van der Waals surface area contributed by atoms with E-state index in [1.807, 2.05) is 24.3 Å². The van der Waals surface area contributed by atoms with Gasteiger partial charge < -0.3 is 10.2 Å². The summed E-state index contributed by atoms with van der Waals surface area (Å²) in [6, 6.07) is 12.2. The molecule has 0 atom stereocenters. The summed E-state index contributed by atoms with van der Waals surface area (Å²) in [5, 5.41) is 5.62. The van der Waals surface area contributed by atoms with E-state index in [1.54, 1.807) is 11.3 Å². The van der Waals surface area contributed by atoms with Crippen LogP contribution in [-0.4, -0.2) is 42.1 Å². The molecule has 126 valence electrons. The highest BCUT2D eigenvalue weighted by Crippen LogP contribution is 2.31. The molecule has 2 aromatic heterocycles. The zero-order valence-corrected chi connectivity index (χ0v) is 15.5. The van der Waals surface area contributed by atoms with Crippen molar-refractivity contribution in [2.45, 2.75) is 13.8 Å². The van der Waals surface area contributed by atoms with Crippen LogP contribution in [0, 0.1) is 5.41 Å². The summed E-state index contributed by atoms with van der Waals surface area (Å²) in [5.74, 6) is 0.864. The topological polar surface area (TPSA) is 41.0 Å². The van der Waals surface area contributed by atoms with Crippen LogP contribution in [0.4, 0.5) is 5.82 Å². The number of fused-ring (bicyclic) bond motifs is 1. The summed E-state index contributed by atoms with van der Waals surface area (Å²) >= 11 is 1.69. The number of para-hydroxylation sites is 2. The van der Waals surface area contributed by atoms with Crippen LogP contribution >= 0.6 is 11.3 Å². The maximum atomic E-state index is 4.85. The zero-order chi connectivity index (χ0) is 17.2. The summed E-state index contributed by atoms with van der Waals surface area (Å²) < 4.78 is 0. The molecule has 0 aliphatic carbocycles. The van der Waals surface area contributed by atoms with Crippen LogP contribution in [-0.2, 0) is 0 Å². The lowest BCUT2D eigenvalue weighted by atomic mass is 9.93. The molecular formula is C19H24N4S. The van der Waals surface area contributed by atoms with Crippen LogP contribution in [0.25, 0.3) is 21.6 Å². The number of rotatable bonds is 6. The number of thiophene rings is 1. The Labute approximate surface area is 147 Å². The van der Waals surface area contributed by atoms with Gasteiger partial charge in [0.05, 0.1) is 15.9 Å². The number of anilines is 1. The van der Waals surface area contributed by atoms with E-state index in [4.69, 9.17) is 9.97 Å². The largest absolute Gasteiger partial charge is 0.368 e. The van der Waals surface area contributed by atoms with Gasteiger partial charge in [0.2, 0.25) is 0 Å². The average Bonchev–Trinajstić information content (AvgIpc) is 3.05. The van der Waals surface area contributed by atoms with Crippen molar-refractivity contribution in [2.75, 3.05) is 32.5 Å². The second-order valence-corrected chi connectivity index (χ2v) is 8.09. The first-order valence-corrected chi connectivity index (χ1v) is 9.02. The fraction of sp³-hybridized carbons (Fsp3) is 0.368. The van der Waals surface area contributed by atoms with E-state index < -0.39 is 0 Å². The lowest BCUT2D eigenvalue weighted by molar-refractivity contribution is 0.254. The second-order valence-electron chi connectivity index (χ2n) is 7.14. The van der Waals surface area contributed by atoms with Crippen molar-refractivity contribution in [1.82, 2.24) is 14.9 Å². The predicted octanol–water partition coefficient (Wildman–Crippen LogP) is 4.36. The van der Waals surface area contributed by atoms with Crippen LogP contribution < -0.4 is 5.32 Å². The Morgan fingerprint density at radius 1 is 1.04 bits per heavy atom. The van der Waals surface area contributed by atoms with Crippen LogP contribution in [0.3, 0.4) is 0 Å². The molecule has 3 aromatic rings. The van der Waals surface area contributed by atoms with Crippen molar-refractivity contribution in [3.63, 3.8) is 0 Å². The van der Waals surface area contributed by atoms with Crippen molar-refractivity contribution in [1.29, 1.82) is 0 Å². The Hall–Kier alpha value is -1.98. The molecule has 0 aliphatic rings. The lowest BCUT2D eigenvalue weighted by Gasteiger charge is -2.29. The van der Waals surface area contributed by atoms with E-state index >= 15 is 0 Å². The van der Waals surface area contributed by atoms with E-state index in [0.717, 1.165) is 40.5 Å². The highest BCUT2D eigenvalue weighted by atomic mass is 32.1. The Morgan fingerprint density at radius 3 is 2.38 bits per heavy atom. The molecule has 0 saturated carbocycles. The Morgan fingerprint density at radius 2 is 1.75 bits per heavy atom. The fourth-order valence-corrected chi connectivity index (χ4v) is 3.66. The van der Waals surface area contributed by atoms with Gasteiger partial charge >= 0.3 is 0 Å². The van der Waals surface area contributed by atoms with Gasteiger partial charge in [0, 0.05) is 13.1 Å². The molecule has 2 heterocycles. The molecule has 0 aliphatic heterocycles. The maximum Gasteiger partial charge on any atom is 0.154 e. The molecule has 0 bridgehead atoms. The van der Waals surface area contributed by atoms with Crippen LogP contribution in [0.5, 0.6) is 0 Å². The predicted molar refractivity (Wildman–Crippen MR) is 104 cm³/mol. The van der Waals surface area contributed by atoms with Crippen LogP contribution in [0.2, 0.25) is 0 Å². The first-order valence-electron chi connectivity index (χ1n) is 8.14. The summed E-state index contributed by atoms with van der Waals surface area (Å²) in [4.78, 5) is 13.0. The summed E-state index contributed by atoms with van der Waals surface area (Å²) in [6.07, 6.45) is 0. The molecule has 0 saturated heterocycles. The molecule has 0 radical (unpaired) electrons. The molecule has 3 rings (SSSR count). The molecule has 1 aromatic carbocycles. The van der Waals surface area contributed by atoms with Gasteiger partial charge in [-0.2, -0.15) is 0 Å². The molecule has 0 fully saturated rings. The highest BCUT2D eigenvalue weighted by molar-refractivity contribution is 7.13. The van der Waals surface area contributed by atoms with Gasteiger partial charge in [-0.25, -0.2) is 9.97 Å². The highest BCUT2D eigenvalue weighted by Gasteiger charge is 2.20. The monoisotopic (exact) mass is 340 g/mol. The lowest BCUT2D eigenvalue weighted by Crippen LogP contribution is -2.34. The molecular weight excluding hydrogens is 316 g/mol. The Balaban J connectivity index is 1.95. The van der Waals surface area contributed by atoms with Gasteiger partial charge in [-0.3, -0.25) is 0 Å². The minimum Gasteiger partial charge on any atom is -0.368 e. The van der Waals surface area contributed by atoms with E-state index in [-0.39, 0.29) is 5.41 Å². The van der Waals surface area contributed by atoms with Gasteiger partial charge in [0.1, 0.15) is 5.69 Å². The van der Waals surface area contributed by atoms with E-state index in [9.17, 15) is 0 Å². The molecule has 5 heteroatoms. The maximum absolute atomic E-state index is 4.85. The van der Waals surface area contributed by atoms with E-state index in [1.165, 1.54) is 0 Å². The Kier molecular flexibility index (Phi) is 4.83. The SMILES string of the molecule is CN(C)CC(C)(C)CNc1nc2ccccc2nc1-c1cccs1. The number of aromatic nitrogens is 2. The normalized spacial score (nSPS) is 12.0. The van der Waals surface area contributed by atoms with Gasteiger partial charge in [0.25, 0.3) is 0 Å². The molecule has 0 spiro atoms. The Bertz CT molecular complexity index is 809. The second kappa shape index (κ2) is 6.87. The third-order valence-electron chi connectivity index (χ3n) is 3.80. The summed E-state index contributed by atoms with van der Waals surface area (Å²) in [5.41, 5.74) is 2.93. The van der Waals surface area contributed by atoms with Crippen molar-refractivity contribution < 1.29 is 0 Å². The number of nitrogens with one attached hydrogen (secondary N) is 1. The molecule has 0 amide bonds. The minimum absolute atomic E-state index is 0.142. The van der Waals surface area contributed by atoms with Gasteiger partial charge in [-0.05, 0) is 43.1 Å². The number of hydrogen-bond acceptors (Lipinski definition) is 5. The fourth-order valence-electron chi connectivity index (χ4n) is 2.94. The standard InChI is InChI=1S/C19H24N4S/c1-19(2,13-23(3)4)12-20-18-17(16-10-7-11-24-16)21-14-8-5-6-9-15(14)22-18/h5-11H,12-13H2,1-4H3,(H,20,22). The average molecular weight is 340 g/mol. The van der Waals surface area contributed by atoms with Gasteiger partial charge in [-0.15, -0.1) is 11.3 Å². The quantitative estimate of drug-likeness (QED) is 0.724. The van der Waals surface area contributed by atoms with Crippen LogP contribution in [0.1, 0.15) is 13.8 Å². The number of hydrogen-bond donors (Lipinski definition) is 1. The molecule has 0 unspecified atom stereocenters. The van der Waals surface area contributed by atoms with E-state index in [2.05, 4.69) is 55.7 Å². The van der Waals surface area contributed by atoms with E-state index in [0.29, 0.717) is 0 Å². The molecule has 1 N–H and O–H groups in total. The summed E-state index contributed by atoms with van der Waals surface area (Å²) in [7, 11) is 4.21. The van der Waals surface area contributed by atoms with Crippen molar-refractivity contribution in [3.8, 4) is 10.6 Å². The zero-order valence-electron chi connectivity index (χ0n) is 14.7. The first-order chi connectivity index (χ1) is 11.4. The van der Waals surface area contributed by atoms with Gasteiger partial charge in [-0.1, -0.05) is 32.0 Å². The summed E-state index contributed by atoms with van der Waals surface area (Å²) in [6.45, 7) is 6.38. The third-order valence-corrected chi connectivity index (χ3v) is 4.68. The van der Waals surface area contributed by atoms with Crippen molar-refractivity contribution in [3.05, 3.63) is 41.8 Å². The first kappa shape index (κ1) is 16.9. The molecule has 24 heavy (non-hydrogen) atoms. The van der Waals surface area contributed by atoms with Gasteiger partial charge in [0.15, 0.2) is 5.82 Å². The van der Waals surface area contributed by atoms with Crippen molar-refractivity contribution >= 4 is 28.2 Å². The smallest absolute Gasteiger partial charge is 0.154 e. The minimum atomic E-state index is 0.142. The van der Waals surface area contributed by atoms with Crippen molar-refractivity contribution in [2.24, 2.45) is 5.41 Å². The number of benzene rings is 1. The van der Waals surface area contributed by atoms with Crippen LogP contribution in [0.15, 0.2) is 41.8 Å². The third kappa shape index (κ3) is 3.91. The molecule has 4 nitrogen and oxygen atoms in total. The number of nitrogens with zero attached hydrogens (tertiary/aromatic N) is 3.